The summed E-state index contributed by atoms with van der Waals surface area (Å²) in [4.78, 5) is 8.88. The number of furan rings is 1. The first-order chi connectivity index (χ1) is 19.9. The smallest absolute Gasteiger partial charge is 0.141 e. The molecule has 2 heterocycles. The Labute approximate surface area is 246 Å². The summed E-state index contributed by atoms with van der Waals surface area (Å²) in [5, 5.41) is 7.97. The minimum absolute atomic E-state index is 0.124. The van der Waals surface area contributed by atoms with Crippen LogP contribution < -0.4 is 15.4 Å². The Morgan fingerprint density at radius 3 is 2.73 bits per heavy atom. The Morgan fingerprint density at radius 1 is 1.07 bits per heavy atom. The second kappa shape index (κ2) is 13.4. The number of rotatable bonds is 12. The Bertz CT molecular complexity index is 1630. The molecule has 0 saturated heterocycles. The highest BCUT2D eigenvalue weighted by molar-refractivity contribution is 7.90. The van der Waals surface area contributed by atoms with Crippen LogP contribution in [0.4, 0.5) is 15.9 Å². The Morgan fingerprint density at radius 2 is 1.95 bits per heavy atom. The van der Waals surface area contributed by atoms with Gasteiger partial charge in [-0.2, -0.15) is 0 Å². The fraction of sp³-hybridized carbons (Fsp3) is 0.226. The van der Waals surface area contributed by atoms with Gasteiger partial charge in [-0.3, -0.25) is 0 Å². The van der Waals surface area contributed by atoms with Gasteiger partial charge in [-0.15, -0.1) is 0 Å². The molecule has 212 valence electrons. The molecule has 0 bridgehead atoms. The van der Waals surface area contributed by atoms with Crippen LogP contribution in [0.2, 0.25) is 5.02 Å². The normalized spacial score (nSPS) is 12.8. The summed E-state index contributed by atoms with van der Waals surface area (Å²) in [7, 11) is 0. The van der Waals surface area contributed by atoms with Gasteiger partial charge < -0.3 is 24.3 Å². The fourth-order valence-corrected chi connectivity index (χ4v) is 5.41. The van der Waals surface area contributed by atoms with Crippen molar-refractivity contribution in [1.29, 1.82) is 0 Å². The highest BCUT2D eigenvalue weighted by Gasteiger charge is 2.20. The van der Waals surface area contributed by atoms with Crippen molar-refractivity contribution < 1.29 is 18.1 Å². The van der Waals surface area contributed by atoms with Crippen LogP contribution in [-0.4, -0.2) is 33.1 Å². The number of anilines is 2. The molecule has 0 saturated carbocycles. The highest BCUT2D eigenvalue weighted by Crippen LogP contribution is 2.33. The van der Waals surface area contributed by atoms with Crippen molar-refractivity contribution in [3.63, 3.8) is 0 Å². The van der Waals surface area contributed by atoms with Crippen LogP contribution in [0.1, 0.15) is 30.7 Å². The molecule has 5 rings (SSSR count). The Balaban J connectivity index is 1.35. The summed E-state index contributed by atoms with van der Waals surface area (Å²) in [5.74, 6) is 2.71. The van der Waals surface area contributed by atoms with Gasteiger partial charge in [-0.25, -0.2) is 14.4 Å². The van der Waals surface area contributed by atoms with E-state index in [2.05, 4.69) is 27.5 Å². The lowest BCUT2D eigenvalue weighted by Gasteiger charge is -2.16. The third-order valence-electron chi connectivity index (χ3n) is 6.41. The lowest BCUT2D eigenvalue weighted by atomic mass is 10.1. The van der Waals surface area contributed by atoms with Crippen molar-refractivity contribution >= 4 is 45.2 Å². The minimum atomic E-state index is -0.969. The van der Waals surface area contributed by atoms with Crippen molar-refractivity contribution in [2.75, 3.05) is 23.9 Å². The number of hydrogen-bond donors (Lipinski definition) is 2. The van der Waals surface area contributed by atoms with Gasteiger partial charge in [0.05, 0.1) is 16.8 Å². The van der Waals surface area contributed by atoms with Crippen molar-refractivity contribution in [3.05, 3.63) is 101 Å². The lowest BCUT2D eigenvalue weighted by molar-refractivity contribution is 0.306. The van der Waals surface area contributed by atoms with E-state index >= 15 is 0 Å². The van der Waals surface area contributed by atoms with E-state index in [1.807, 2.05) is 36.4 Å². The van der Waals surface area contributed by atoms with Crippen LogP contribution in [0, 0.1) is 5.82 Å². The summed E-state index contributed by atoms with van der Waals surface area (Å²) in [6.45, 7) is 3.10. The zero-order valence-corrected chi connectivity index (χ0v) is 24.3. The molecule has 0 fully saturated rings. The summed E-state index contributed by atoms with van der Waals surface area (Å²) in [6, 6.07) is 21.2. The maximum atomic E-state index is 13.5. The first kappa shape index (κ1) is 28.9. The van der Waals surface area contributed by atoms with Crippen LogP contribution in [-0.2, 0) is 17.8 Å². The van der Waals surface area contributed by atoms with Crippen LogP contribution in [0.15, 0.2) is 83.5 Å². The van der Waals surface area contributed by atoms with Crippen molar-refractivity contribution in [3.8, 4) is 17.1 Å². The highest BCUT2D eigenvalue weighted by atomic mass is 35.5. The molecule has 10 heteroatoms. The van der Waals surface area contributed by atoms with Crippen molar-refractivity contribution in [2.24, 2.45) is 0 Å². The number of benzene rings is 3. The molecule has 0 aliphatic carbocycles. The molecule has 0 amide bonds. The van der Waals surface area contributed by atoms with Gasteiger partial charge in [-0.05, 0) is 79.2 Å². The summed E-state index contributed by atoms with van der Waals surface area (Å²) >= 11 is 5.53. The standard InChI is InChI=1S/C31H30ClFN4O3S/c1-3-13-34-27(18-41(2)38)30-12-11-28(40-30)21-7-9-26-24(15-21)31(36-19-35-26)37-23-8-10-29(25(32)16-23)39-17-20-5-4-6-22(33)14-20/h4-12,14-16,19,27,34H,3,13,17-18H2,1-2H3,(H,35,36,37)/t27-,41?/m1/s1. The first-order valence-corrected chi connectivity index (χ1v) is 15.3. The minimum Gasteiger partial charge on any atom is -0.616 e. The van der Waals surface area contributed by atoms with E-state index in [4.69, 9.17) is 20.8 Å². The molecule has 0 aliphatic rings. The molecule has 7 nitrogen and oxygen atoms in total. The number of aromatic nitrogens is 2. The molecule has 3 aromatic carbocycles. The number of halogens is 2. The molecular formula is C31H30ClFN4O3S. The third kappa shape index (κ3) is 7.37. The number of nitrogens with zero attached hydrogens (tertiary/aromatic N) is 2. The van der Waals surface area contributed by atoms with Gasteiger partial charge in [0.1, 0.15) is 53.6 Å². The Hall–Kier alpha value is -3.63. The largest absolute Gasteiger partial charge is 0.616 e. The molecule has 41 heavy (non-hydrogen) atoms. The van der Waals surface area contributed by atoms with Gasteiger partial charge in [0.2, 0.25) is 0 Å². The zero-order valence-electron chi connectivity index (χ0n) is 22.7. The van der Waals surface area contributed by atoms with Gasteiger partial charge in [0.25, 0.3) is 0 Å². The number of hydrogen-bond acceptors (Lipinski definition) is 7. The monoisotopic (exact) mass is 592 g/mol. The molecule has 0 aliphatic heterocycles. The van der Waals surface area contributed by atoms with Crippen molar-refractivity contribution in [2.45, 2.75) is 26.0 Å². The van der Waals surface area contributed by atoms with E-state index in [0.717, 1.165) is 40.9 Å². The number of fused-ring (bicyclic) bond motifs is 1. The number of ether oxygens (including phenoxy) is 1. The summed E-state index contributed by atoms with van der Waals surface area (Å²) < 4.78 is 37.4. The maximum Gasteiger partial charge on any atom is 0.141 e. The molecule has 0 spiro atoms. The van der Waals surface area contributed by atoms with Crippen LogP contribution in [0.5, 0.6) is 5.75 Å². The molecule has 1 unspecified atom stereocenters. The topological polar surface area (TPSA) is 95.3 Å². The zero-order chi connectivity index (χ0) is 28.8. The average Bonchev–Trinajstić information content (AvgIpc) is 3.45. The van der Waals surface area contributed by atoms with Gasteiger partial charge >= 0.3 is 0 Å². The second-order valence-corrected chi connectivity index (χ2v) is 11.5. The molecule has 5 aromatic rings. The molecule has 2 atom stereocenters. The summed E-state index contributed by atoms with van der Waals surface area (Å²) in [5.41, 5.74) is 3.06. The predicted molar refractivity (Wildman–Crippen MR) is 163 cm³/mol. The van der Waals surface area contributed by atoms with Crippen LogP contribution in [0.3, 0.4) is 0 Å². The van der Waals surface area contributed by atoms with Crippen LogP contribution in [0.25, 0.3) is 22.2 Å². The van der Waals surface area contributed by atoms with E-state index in [-0.39, 0.29) is 18.5 Å². The molecular weight excluding hydrogens is 563 g/mol. The van der Waals surface area contributed by atoms with Gasteiger partial charge in [0, 0.05) is 16.6 Å². The second-order valence-electron chi connectivity index (χ2n) is 9.59. The van der Waals surface area contributed by atoms with Gasteiger partial charge in [-0.1, -0.05) is 41.8 Å². The quantitative estimate of drug-likeness (QED) is 0.145. The van der Waals surface area contributed by atoms with E-state index in [9.17, 15) is 8.94 Å². The maximum absolute atomic E-state index is 13.5. The fourth-order valence-electron chi connectivity index (χ4n) is 4.42. The van der Waals surface area contributed by atoms with Gasteiger partial charge in [0.15, 0.2) is 0 Å². The Kier molecular flexibility index (Phi) is 9.41. The van der Waals surface area contributed by atoms with E-state index in [0.29, 0.717) is 33.7 Å². The molecule has 0 radical (unpaired) electrons. The SMILES string of the molecule is CCCN[C@H](C[S+](C)[O-])c1ccc(-c2ccc3ncnc(Nc4ccc(OCc5cccc(F)c5)c(Cl)c4)c3c2)o1. The third-order valence-corrected chi connectivity index (χ3v) is 7.51. The molecule has 2 N–H and O–H groups in total. The van der Waals surface area contributed by atoms with Crippen molar-refractivity contribution in [1.82, 2.24) is 15.3 Å². The van der Waals surface area contributed by atoms with E-state index < -0.39 is 11.2 Å². The van der Waals surface area contributed by atoms with E-state index in [1.165, 1.54) is 18.5 Å². The lowest BCUT2D eigenvalue weighted by Crippen LogP contribution is -2.28. The van der Waals surface area contributed by atoms with Crippen LogP contribution >= 0.6 is 11.6 Å². The summed E-state index contributed by atoms with van der Waals surface area (Å²) in [6.07, 6.45) is 4.17. The average molecular weight is 593 g/mol. The van der Waals surface area contributed by atoms with E-state index in [1.54, 1.807) is 30.5 Å². The predicted octanol–water partition coefficient (Wildman–Crippen LogP) is 7.42. The molecule has 2 aromatic heterocycles. The number of nitrogens with one attached hydrogen (secondary N) is 2. The first-order valence-electron chi connectivity index (χ1n) is 13.2.